The molecule has 6 nitrogen and oxygen atoms in total. The molecule has 0 radical (unpaired) electrons. The summed E-state index contributed by atoms with van der Waals surface area (Å²) in [5.74, 6) is 0.257. The first-order valence-electron chi connectivity index (χ1n) is 9.38. The third-order valence-electron chi connectivity index (χ3n) is 7.00. The number of fused-ring (bicyclic) bond motifs is 2. The SMILES string of the molecule is COCCN1CC2C(=O)N(C)C3(CCN(C(=O)C4(F)CC4)CC3)C2C1. The van der Waals surface area contributed by atoms with Gasteiger partial charge in [0.1, 0.15) is 0 Å². The first-order chi connectivity index (χ1) is 11.9. The van der Waals surface area contributed by atoms with Gasteiger partial charge in [-0.2, -0.15) is 0 Å². The van der Waals surface area contributed by atoms with Gasteiger partial charge in [0.25, 0.3) is 5.91 Å². The topological polar surface area (TPSA) is 53.1 Å². The third-order valence-corrected chi connectivity index (χ3v) is 7.00. The Morgan fingerprint density at radius 3 is 2.52 bits per heavy atom. The maximum Gasteiger partial charge on any atom is 0.260 e. The zero-order valence-corrected chi connectivity index (χ0v) is 15.2. The van der Waals surface area contributed by atoms with Crippen LogP contribution >= 0.6 is 0 Å². The van der Waals surface area contributed by atoms with E-state index in [1.165, 1.54) is 0 Å². The van der Waals surface area contributed by atoms with Crippen molar-refractivity contribution in [1.29, 1.82) is 0 Å². The molecule has 2 atom stereocenters. The number of nitrogens with zero attached hydrogens (tertiary/aromatic N) is 3. The van der Waals surface area contributed by atoms with E-state index >= 15 is 0 Å². The fraction of sp³-hybridized carbons (Fsp3) is 0.889. The predicted octanol–water partition coefficient (Wildman–Crippen LogP) is 0.516. The highest BCUT2D eigenvalue weighted by molar-refractivity contribution is 5.88. The Bertz CT molecular complexity index is 572. The zero-order valence-electron chi connectivity index (χ0n) is 15.2. The van der Waals surface area contributed by atoms with Crippen molar-refractivity contribution < 1.29 is 18.7 Å². The van der Waals surface area contributed by atoms with Crippen LogP contribution in [0.4, 0.5) is 4.39 Å². The van der Waals surface area contributed by atoms with Crippen molar-refractivity contribution in [2.75, 3.05) is 53.5 Å². The van der Waals surface area contributed by atoms with E-state index in [-0.39, 0.29) is 23.3 Å². The maximum absolute atomic E-state index is 14.1. The van der Waals surface area contributed by atoms with Crippen LogP contribution in [-0.4, -0.2) is 91.2 Å². The summed E-state index contributed by atoms with van der Waals surface area (Å²) in [6, 6.07) is 0. The molecule has 7 heteroatoms. The monoisotopic (exact) mass is 353 g/mol. The highest BCUT2D eigenvalue weighted by atomic mass is 19.1. The van der Waals surface area contributed by atoms with Gasteiger partial charge in [-0.15, -0.1) is 0 Å². The van der Waals surface area contributed by atoms with Crippen LogP contribution in [0.3, 0.4) is 0 Å². The van der Waals surface area contributed by atoms with Crippen LogP contribution in [0.5, 0.6) is 0 Å². The number of ether oxygens (including phenoxy) is 1. The molecule has 3 aliphatic heterocycles. The maximum atomic E-state index is 14.1. The van der Waals surface area contributed by atoms with Crippen LogP contribution in [0.1, 0.15) is 25.7 Å². The lowest BCUT2D eigenvalue weighted by Gasteiger charge is -2.47. The lowest BCUT2D eigenvalue weighted by Crippen LogP contribution is -2.57. The number of piperidine rings is 1. The van der Waals surface area contributed by atoms with Crippen LogP contribution in [0.15, 0.2) is 0 Å². The molecule has 4 aliphatic rings. The van der Waals surface area contributed by atoms with Gasteiger partial charge in [0.05, 0.1) is 18.1 Å². The number of rotatable bonds is 4. The number of carbonyl (C=O) groups is 2. The summed E-state index contributed by atoms with van der Waals surface area (Å²) in [4.78, 5) is 31.0. The first kappa shape index (κ1) is 17.2. The van der Waals surface area contributed by atoms with Gasteiger partial charge in [-0.3, -0.25) is 14.5 Å². The van der Waals surface area contributed by atoms with Gasteiger partial charge in [-0.25, -0.2) is 4.39 Å². The molecular weight excluding hydrogens is 325 g/mol. The summed E-state index contributed by atoms with van der Waals surface area (Å²) in [7, 11) is 3.61. The number of halogens is 1. The van der Waals surface area contributed by atoms with Gasteiger partial charge in [-0.1, -0.05) is 0 Å². The molecule has 140 valence electrons. The summed E-state index contributed by atoms with van der Waals surface area (Å²) >= 11 is 0. The number of likely N-dealkylation sites (tertiary alicyclic amines) is 3. The Morgan fingerprint density at radius 1 is 1.24 bits per heavy atom. The molecule has 2 amide bonds. The molecule has 0 aromatic rings. The fourth-order valence-corrected chi connectivity index (χ4v) is 5.21. The Kier molecular flexibility index (Phi) is 4.07. The van der Waals surface area contributed by atoms with Gasteiger partial charge in [0, 0.05) is 52.8 Å². The molecular formula is C18H28FN3O3. The highest BCUT2D eigenvalue weighted by Crippen LogP contribution is 2.50. The molecule has 0 N–H and O–H groups in total. The highest BCUT2D eigenvalue weighted by Gasteiger charge is 2.61. The summed E-state index contributed by atoms with van der Waals surface area (Å²) in [6.07, 6.45) is 2.25. The van der Waals surface area contributed by atoms with E-state index in [4.69, 9.17) is 4.74 Å². The number of amides is 2. The van der Waals surface area contributed by atoms with Gasteiger partial charge in [0.15, 0.2) is 5.67 Å². The van der Waals surface area contributed by atoms with E-state index in [1.54, 1.807) is 12.0 Å². The minimum absolute atomic E-state index is 0.0556. The van der Waals surface area contributed by atoms with Crippen LogP contribution in [-0.2, 0) is 14.3 Å². The Hall–Kier alpha value is -1.21. The number of alkyl halides is 1. The van der Waals surface area contributed by atoms with Gasteiger partial charge < -0.3 is 14.5 Å². The molecule has 1 aliphatic carbocycles. The Balaban J connectivity index is 1.46. The van der Waals surface area contributed by atoms with Crippen molar-refractivity contribution in [2.24, 2.45) is 11.8 Å². The Morgan fingerprint density at radius 2 is 1.92 bits per heavy atom. The molecule has 3 heterocycles. The molecule has 1 spiro atoms. The third kappa shape index (κ3) is 2.58. The van der Waals surface area contributed by atoms with E-state index in [9.17, 15) is 14.0 Å². The molecule has 2 unspecified atom stereocenters. The normalized spacial score (nSPS) is 33.2. The van der Waals surface area contributed by atoms with Gasteiger partial charge in [0.2, 0.25) is 5.91 Å². The quantitative estimate of drug-likeness (QED) is 0.739. The van der Waals surface area contributed by atoms with Gasteiger partial charge in [-0.05, 0) is 25.7 Å². The first-order valence-corrected chi connectivity index (χ1v) is 9.38. The van der Waals surface area contributed by atoms with Crippen LogP contribution in [0, 0.1) is 11.8 Å². The summed E-state index contributed by atoms with van der Waals surface area (Å²) in [6.45, 7) is 4.36. The molecule has 4 rings (SSSR count). The van der Waals surface area contributed by atoms with E-state index < -0.39 is 5.67 Å². The molecule has 25 heavy (non-hydrogen) atoms. The van der Waals surface area contributed by atoms with Crippen LogP contribution in [0.25, 0.3) is 0 Å². The van der Waals surface area contributed by atoms with Crippen molar-refractivity contribution in [2.45, 2.75) is 36.9 Å². The second-order valence-electron chi connectivity index (χ2n) is 8.22. The van der Waals surface area contributed by atoms with Crippen LogP contribution < -0.4 is 0 Å². The summed E-state index contributed by atoms with van der Waals surface area (Å²) < 4.78 is 19.3. The second-order valence-corrected chi connectivity index (χ2v) is 8.22. The lowest BCUT2D eigenvalue weighted by atomic mass is 9.75. The van der Waals surface area contributed by atoms with Crippen molar-refractivity contribution in [3.05, 3.63) is 0 Å². The number of carbonyl (C=O) groups excluding carboxylic acids is 2. The molecule has 0 aromatic carbocycles. The van der Waals surface area contributed by atoms with Crippen molar-refractivity contribution in [1.82, 2.24) is 14.7 Å². The Labute approximate surface area is 148 Å². The second kappa shape index (κ2) is 5.91. The molecule has 4 fully saturated rings. The molecule has 1 saturated carbocycles. The van der Waals surface area contributed by atoms with Crippen molar-refractivity contribution in [3.8, 4) is 0 Å². The lowest BCUT2D eigenvalue weighted by molar-refractivity contribution is -0.142. The van der Waals surface area contributed by atoms with Crippen molar-refractivity contribution in [3.63, 3.8) is 0 Å². The van der Waals surface area contributed by atoms with Gasteiger partial charge >= 0.3 is 0 Å². The zero-order chi connectivity index (χ0) is 17.8. The summed E-state index contributed by atoms with van der Waals surface area (Å²) in [5, 5.41) is 0. The minimum atomic E-state index is -1.59. The van der Waals surface area contributed by atoms with Crippen molar-refractivity contribution >= 4 is 11.8 Å². The summed E-state index contributed by atoms with van der Waals surface area (Å²) in [5.41, 5.74) is -1.76. The largest absolute Gasteiger partial charge is 0.383 e. The average molecular weight is 353 g/mol. The molecule has 3 saturated heterocycles. The standard InChI is InChI=1S/C18H28FN3O3/c1-20-15(23)13-11-21(9-10-25-2)12-14(13)18(20)5-7-22(8-6-18)16(24)17(19)3-4-17/h13-14H,3-12H2,1-2H3. The molecule has 0 aromatic heterocycles. The minimum Gasteiger partial charge on any atom is -0.383 e. The van der Waals surface area contributed by atoms with E-state index in [1.807, 2.05) is 11.9 Å². The fourth-order valence-electron chi connectivity index (χ4n) is 5.21. The van der Waals surface area contributed by atoms with E-state index in [0.29, 0.717) is 38.5 Å². The number of methoxy groups -OCH3 is 1. The predicted molar refractivity (Wildman–Crippen MR) is 89.7 cm³/mol. The molecule has 0 bridgehead atoms. The van der Waals surface area contributed by atoms with E-state index in [0.717, 1.165) is 32.5 Å². The smallest absolute Gasteiger partial charge is 0.260 e. The number of hydrogen-bond donors (Lipinski definition) is 0. The number of hydrogen-bond acceptors (Lipinski definition) is 4. The van der Waals surface area contributed by atoms with Crippen LogP contribution in [0.2, 0.25) is 0 Å². The average Bonchev–Trinajstić information content (AvgIpc) is 3.18. The van der Waals surface area contributed by atoms with E-state index in [2.05, 4.69) is 4.90 Å².